The van der Waals surface area contributed by atoms with E-state index in [0.29, 0.717) is 19.7 Å². The first-order valence-electron chi connectivity index (χ1n) is 6.50. The summed E-state index contributed by atoms with van der Waals surface area (Å²) in [5.74, 6) is 1.00. The standard InChI is InChI=1S/C13H24N4O2/c1-5-17-7-6-14-12(17)10-16(3)13(18)11-15(2)8-9-19-4/h6-7H,5,8-11H2,1-4H3. The molecule has 0 fully saturated rings. The lowest BCUT2D eigenvalue weighted by atomic mass is 10.4. The Morgan fingerprint density at radius 2 is 2.21 bits per heavy atom. The number of rotatable bonds is 8. The third kappa shape index (κ3) is 5.00. The van der Waals surface area contributed by atoms with Gasteiger partial charge in [0.25, 0.3) is 0 Å². The van der Waals surface area contributed by atoms with Crippen LogP contribution in [-0.4, -0.2) is 66.2 Å². The van der Waals surface area contributed by atoms with Crippen LogP contribution < -0.4 is 0 Å². The number of methoxy groups -OCH3 is 1. The van der Waals surface area contributed by atoms with Crippen LogP contribution in [-0.2, 0) is 22.6 Å². The van der Waals surface area contributed by atoms with Gasteiger partial charge in [-0.2, -0.15) is 0 Å². The number of nitrogens with zero attached hydrogens (tertiary/aromatic N) is 4. The molecule has 0 aliphatic heterocycles. The molecule has 0 N–H and O–H groups in total. The molecule has 0 saturated carbocycles. The molecule has 0 unspecified atom stereocenters. The molecular formula is C13H24N4O2. The smallest absolute Gasteiger partial charge is 0.236 e. The van der Waals surface area contributed by atoms with Crippen LogP contribution in [0.2, 0.25) is 0 Å². The van der Waals surface area contributed by atoms with Crippen molar-refractivity contribution < 1.29 is 9.53 Å². The summed E-state index contributed by atoms with van der Waals surface area (Å²) < 4.78 is 7.03. The highest BCUT2D eigenvalue weighted by Gasteiger charge is 2.13. The van der Waals surface area contributed by atoms with E-state index in [2.05, 4.69) is 11.9 Å². The molecule has 1 aromatic rings. The Morgan fingerprint density at radius 1 is 1.47 bits per heavy atom. The molecule has 6 nitrogen and oxygen atoms in total. The highest BCUT2D eigenvalue weighted by molar-refractivity contribution is 5.77. The molecule has 0 aliphatic rings. The molecule has 19 heavy (non-hydrogen) atoms. The number of hydrogen-bond acceptors (Lipinski definition) is 4. The van der Waals surface area contributed by atoms with Crippen LogP contribution in [0.4, 0.5) is 0 Å². The zero-order valence-electron chi connectivity index (χ0n) is 12.3. The largest absolute Gasteiger partial charge is 0.383 e. The first kappa shape index (κ1) is 15.7. The molecule has 1 amide bonds. The van der Waals surface area contributed by atoms with E-state index in [1.165, 1.54) is 0 Å². The van der Waals surface area contributed by atoms with Crippen molar-refractivity contribution in [3.8, 4) is 0 Å². The fraction of sp³-hybridized carbons (Fsp3) is 0.692. The maximum atomic E-state index is 12.0. The van der Waals surface area contributed by atoms with E-state index in [9.17, 15) is 4.79 Å². The molecule has 0 saturated heterocycles. The van der Waals surface area contributed by atoms with Crippen LogP contribution in [0.5, 0.6) is 0 Å². The number of aryl methyl sites for hydroxylation is 1. The van der Waals surface area contributed by atoms with Crippen molar-refractivity contribution in [1.82, 2.24) is 19.4 Å². The maximum absolute atomic E-state index is 12.0. The van der Waals surface area contributed by atoms with Gasteiger partial charge in [0.2, 0.25) is 5.91 Å². The third-order valence-corrected chi connectivity index (χ3v) is 3.03. The summed E-state index contributed by atoms with van der Waals surface area (Å²) >= 11 is 0. The summed E-state index contributed by atoms with van der Waals surface area (Å²) in [5, 5.41) is 0. The number of carbonyl (C=O) groups excluding carboxylic acids is 1. The molecule has 1 heterocycles. The van der Waals surface area contributed by atoms with Crippen LogP contribution in [0.25, 0.3) is 0 Å². The molecule has 0 spiro atoms. The maximum Gasteiger partial charge on any atom is 0.236 e. The fourth-order valence-corrected chi connectivity index (χ4v) is 1.76. The van der Waals surface area contributed by atoms with Crippen LogP contribution in [0.1, 0.15) is 12.7 Å². The minimum absolute atomic E-state index is 0.0873. The van der Waals surface area contributed by atoms with Crippen LogP contribution in [0.15, 0.2) is 12.4 Å². The van der Waals surface area contributed by atoms with E-state index in [1.807, 2.05) is 22.7 Å². The first-order valence-corrected chi connectivity index (χ1v) is 6.50. The van der Waals surface area contributed by atoms with E-state index >= 15 is 0 Å². The van der Waals surface area contributed by atoms with Gasteiger partial charge in [-0.25, -0.2) is 4.98 Å². The zero-order valence-corrected chi connectivity index (χ0v) is 12.3. The van der Waals surface area contributed by atoms with Gasteiger partial charge < -0.3 is 14.2 Å². The summed E-state index contributed by atoms with van der Waals surface area (Å²) in [6, 6.07) is 0. The molecule has 1 aromatic heterocycles. The normalized spacial score (nSPS) is 11.0. The monoisotopic (exact) mass is 268 g/mol. The number of hydrogen-bond donors (Lipinski definition) is 0. The lowest BCUT2D eigenvalue weighted by Crippen LogP contribution is -2.37. The molecular weight excluding hydrogens is 244 g/mol. The van der Waals surface area contributed by atoms with Gasteiger partial charge in [0.15, 0.2) is 0 Å². The van der Waals surface area contributed by atoms with E-state index in [-0.39, 0.29) is 5.91 Å². The van der Waals surface area contributed by atoms with E-state index < -0.39 is 0 Å². The number of ether oxygens (including phenoxy) is 1. The van der Waals surface area contributed by atoms with Crippen molar-refractivity contribution in [3.05, 3.63) is 18.2 Å². The van der Waals surface area contributed by atoms with Crippen molar-refractivity contribution in [2.75, 3.05) is 40.9 Å². The number of imidazole rings is 1. The summed E-state index contributed by atoms with van der Waals surface area (Å²) in [6.45, 7) is 5.24. The highest BCUT2D eigenvalue weighted by atomic mass is 16.5. The summed E-state index contributed by atoms with van der Waals surface area (Å²) in [6.07, 6.45) is 3.69. The Balaban J connectivity index is 2.44. The molecule has 0 aromatic carbocycles. The average Bonchev–Trinajstić information content (AvgIpc) is 2.83. The van der Waals surface area contributed by atoms with Gasteiger partial charge in [0, 0.05) is 39.6 Å². The molecule has 0 bridgehead atoms. The van der Waals surface area contributed by atoms with Crippen molar-refractivity contribution >= 4 is 5.91 Å². The molecule has 0 atom stereocenters. The van der Waals surface area contributed by atoms with Crippen molar-refractivity contribution in [2.45, 2.75) is 20.0 Å². The van der Waals surface area contributed by atoms with Crippen LogP contribution in [0.3, 0.4) is 0 Å². The predicted octanol–water partition coefficient (Wildman–Crippen LogP) is 0.440. The lowest BCUT2D eigenvalue weighted by molar-refractivity contribution is -0.131. The molecule has 0 aliphatic carbocycles. The molecule has 1 rings (SSSR count). The number of amides is 1. The number of likely N-dealkylation sites (N-methyl/N-ethyl adjacent to an activating group) is 2. The Labute approximate surface area is 115 Å². The SMILES string of the molecule is CCn1ccnc1CN(C)C(=O)CN(C)CCOC. The van der Waals surface area contributed by atoms with Gasteiger partial charge in [0.1, 0.15) is 5.82 Å². The fourth-order valence-electron chi connectivity index (χ4n) is 1.76. The van der Waals surface area contributed by atoms with Gasteiger partial charge in [-0.1, -0.05) is 0 Å². The number of carbonyl (C=O) groups is 1. The quantitative estimate of drug-likeness (QED) is 0.686. The van der Waals surface area contributed by atoms with Crippen molar-refractivity contribution in [1.29, 1.82) is 0 Å². The second-order valence-corrected chi connectivity index (χ2v) is 4.61. The Hall–Kier alpha value is -1.40. The van der Waals surface area contributed by atoms with Gasteiger partial charge >= 0.3 is 0 Å². The van der Waals surface area contributed by atoms with Gasteiger partial charge in [0.05, 0.1) is 19.7 Å². The summed E-state index contributed by atoms with van der Waals surface area (Å²) in [4.78, 5) is 20.0. The lowest BCUT2D eigenvalue weighted by Gasteiger charge is -2.21. The van der Waals surface area contributed by atoms with Crippen LogP contribution in [0, 0.1) is 0 Å². The van der Waals surface area contributed by atoms with E-state index in [0.717, 1.165) is 18.9 Å². The van der Waals surface area contributed by atoms with E-state index in [1.54, 1.807) is 25.3 Å². The van der Waals surface area contributed by atoms with Gasteiger partial charge in [-0.05, 0) is 14.0 Å². The predicted molar refractivity (Wildman–Crippen MR) is 73.7 cm³/mol. The molecule has 6 heteroatoms. The minimum Gasteiger partial charge on any atom is -0.383 e. The van der Waals surface area contributed by atoms with Crippen molar-refractivity contribution in [2.24, 2.45) is 0 Å². The van der Waals surface area contributed by atoms with Crippen molar-refractivity contribution in [3.63, 3.8) is 0 Å². The van der Waals surface area contributed by atoms with Gasteiger partial charge in [-0.3, -0.25) is 9.69 Å². The molecule has 0 radical (unpaired) electrons. The minimum atomic E-state index is 0.0873. The second kappa shape index (κ2) is 7.91. The Bertz CT molecular complexity index is 392. The summed E-state index contributed by atoms with van der Waals surface area (Å²) in [5.41, 5.74) is 0. The van der Waals surface area contributed by atoms with E-state index in [4.69, 9.17) is 4.74 Å². The topological polar surface area (TPSA) is 50.6 Å². The average molecular weight is 268 g/mol. The zero-order chi connectivity index (χ0) is 14.3. The Morgan fingerprint density at radius 3 is 2.84 bits per heavy atom. The Kier molecular flexibility index (Phi) is 6.52. The molecule has 108 valence electrons. The number of aromatic nitrogens is 2. The van der Waals surface area contributed by atoms with Gasteiger partial charge in [-0.15, -0.1) is 0 Å². The highest BCUT2D eigenvalue weighted by Crippen LogP contribution is 2.02. The third-order valence-electron chi connectivity index (χ3n) is 3.03. The first-order chi connectivity index (χ1) is 9.08. The second-order valence-electron chi connectivity index (χ2n) is 4.61. The van der Waals surface area contributed by atoms with Crippen LogP contribution >= 0.6 is 0 Å². The summed E-state index contributed by atoms with van der Waals surface area (Å²) in [7, 11) is 5.38.